The normalized spacial score (nSPS) is 13.3. The standard InChI is InChI=1S/C91H147N45O14/c92-54(40-48-43-121-55-19-4-1-16-51(48)55)72(140)135-68(42-50-45-123-57-21-6-3-18-53(50)57)82(150)136-67(41-49-44-122-56-20-5-2-17-52(49)56)73(141)125-46-69(137)124-47-70(138)126-59(23-8-32-113-84(96)97)74(142)128-61(25-10-34-115-86(100)101)76(144)130-63(27-12-36-117-88(104)105)78(146)132-65(29-14-38-119-90(108)109)80(148)134-66(30-15-39-120-91(110)111)81(149)133-64(28-13-37-118-89(106)107)79(147)131-62(26-11-35-116-87(102)103)77(145)129-60(24-9-33-114-85(98)99)75(143)127-58(71(93)139)22-7-31-112-83(94)95/h1-6,16-21,43-45,54,58-68,121-123H,7-15,22-42,46-47,92H2,(H2,93,139)(H,124,137)(H,125,141)(H,126,138)(H,127,143)(H,128,142)(H,129,145)(H,130,144)(H,131,147)(H,132,146)(H,133,149)(H,134,148)(H,135,140)(H,136,150)(H4,94,95,112)(H4,96,97,113)(H4,98,99,114)(H4,100,101,115)(H4,102,103,116)(H4,104,105,117)(H4,106,107,118)(H4,108,109,119)(H4,110,111,120)/t54-,58-,59-,60-,61-,62-,63-,64-,65-,66-,67-,68-/m0/s1. The van der Waals surface area contributed by atoms with Crippen LogP contribution in [-0.2, 0) is 86.4 Å². The molecule has 59 heteroatoms. The second-order valence-electron chi connectivity index (χ2n) is 35.3. The molecule has 820 valence electrons. The third kappa shape index (κ3) is 45.3. The van der Waals surface area contributed by atoms with Crippen molar-refractivity contribution < 1.29 is 67.1 Å². The molecule has 3 heterocycles. The number of primary amides is 1. The van der Waals surface area contributed by atoms with Crippen LogP contribution in [0.3, 0.4) is 0 Å². The molecule has 0 saturated carbocycles. The van der Waals surface area contributed by atoms with Gasteiger partial charge in [-0.2, -0.15) is 0 Å². The van der Waals surface area contributed by atoms with Crippen molar-refractivity contribution >= 4 is 169 Å². The molecule has 0 aliphatic heterocycles. The van der Waals surface area contributed by atoms with Crippen LogP contribution in [-0.4, -0.2) is 296 Å². The summed E-state index contributed by atoms with van der Waals surface area (Å²) in [6.45, 7) is -1.95. The lowest BCUT2D eigenvalue weighted by Gasteiger charge is -2.29. The van der Waals surface area contributed by atoms with Gasteiger partial charge in [0.15, 0.2) is 53.6 Å². The Balaban J connectivity index is 1.26. The minimum absolute atomic E-state index is 0.0120. The molecule has 0 aliphatic rings. The number of carbonyl (C=O) groups excluding carboxylic acids is 14. The van der Waals surface area contributed by atoms with Crippen LogP contribution in [0.1, 0.15) is 132 Å². The number of guanidine groups is 9. The van der Waals surface area contributed by atoms with Gasteiger partial charge in [0.2, 0.25) is 82.7 Å². The van der Waals surface area contributed by atoms with Crippen molar-refractivity contribution in [1.29, 1.82) is 48.7 Å². The monoisotopic (exact) mass is 2090 g/mol. The molecule has 0 aliphatic carbocycles. The SMILES string of the molecule is N=C(N)NCCC[C@H](NC(=O)[C@H](CCCNC(=N)N)NC(=O)[C@H](CCCNC(=N)N)NC(=O)[C@H](CCCNC(=N)N)NC(=O)[C@H](CCCNC(=N)N)NC(=O)[C@H](CCCNC(=N)N)NC(=O)[C@H](CCCNC(=N)N)NC(=O)[C@H](CCCNC(=N)N)NC(=O)[C@H](CCCNC(=N)N)NC(=O)CNC(=O)CNC(=O)[C@H](Cc1c[nH]c2ccccc12)NC(=O)[C@H](Cc1c[nH]c2ccccc12)NC(=O)[C@@H](N)Cc1c[nH]c2ccccc12)C(N)=O. The van der Waals surface area contributed by atoms with Gasteiger partial charge < -0.3 is 195 Å². The first-order valence-electron chi connectivity index (χ1n) is 48.7. The number of carbonyl (C=O) groups is 14. The molecule has 6 aromatic rings. The Morgan fingerprint density at radius 1 is 0.227 bits per heavy atom. The van der Waals surface area contributed by atoms with E-state index in [4.69, 9.17) is 112 Å². The molecule has 6 rings (SSSR count). The number of amides is 14. The summed E-state index contributed by atoms with van der Waals surface area (Å²) in [5.41, 5.74) is 66.7. The average molecular weight is 2100 g/mol. The number of nitrogens with one attached hydrogen (secondary N) is 34. The van der Waals surface area contributed by atoms with Crippen LogP contribution >= 0.6 is 0 Å². The first-order chi connectivity index (χ1) is 71.4. The predicted octanol–water partition coefficient (Wildman–Crippen LogP) is -10.1. The van der Waals surface area contributed by atoms with E-state index in [-0.39, 0.29) is 200 Å². The van der Waals surface area contributed by atoms with Gasteiger partial charge in [-0.1, -0.05) is 54.6 Å². The van der Waals surface area contributed by atoms with E-state index in [2.05, 4.69) is 132 Å². The molecule has 12 atom stereocenters. The van der Waals surface area contributed by atoms with Crippen molar-refractivity contribution in [3.63, 3.8) is 0 Å². The molecular weight excluding hydrogens is 1950 g/mol. The number of hydrogen-bond acceptors (Lipinski definition) is 24. The molecule has 150 heavy (non-hydrogen) atoms. The smallest absolute Gasteiger partial charge is 0.243 e. The van der Waals surface area contributed by atoms with Crippen molar-refractivity contribution in [2.24, 2.45) is 63.1 Å². The van der Waals surface area contributed by atoms with Crippen molar-refractivity contribution in [1.82, 2.24) is 132 Å². The minimum Gasteiger partial charge on any atom is -0.370 e. The van der Waals surface area contributed by atoms with Crippen LogP contribution in [0.2, 0.25) is 0 Å². The second kappa shape index (κ2) is 64.2. The Bertz CT molecular complexity index is 5650. The van der Waals surface area contributed by atoms with Gasteiger partial charge in [-0.05, 0) is 157 Å². The summed E-state index contributed by atoms with van der Waals surface area (Å²) < 4.78 is 0. The van der Waals surface area contributed by atoms with E-state index in [0.29, 0.717) is 22.0 Å². The number of rotatable bonds is 69. The number of hydrogen-bond donors (Lipinski definition) is 45. The Hall–Kier alpha value is -17.7. The molecule has 0 bridgehead atoms. The van der Waals surface area contributed by atoms with Crippen LogP contribution in [0.4, 0.5) is 0 Å². The summed E-state index contributed by atoms with van der Waals surface area (Å²) in [5, 5.41) is 129. The number of aromatic nitrogens is 3. The van der Waals surface area contributed by atoms with E-state index in [1.807, 2.05) is 54.6 Å². The maximum Gasteiger partial charge on any atom is 0.243 e. The molecule has 59 nitrogen and oxygen atoms in total. The van der Waals surface area contributed by atoms with Crippen LogP contribution in [0.15, 0.2) is 91.4 Å². The Labute approximate surface area is 863 Å². The van der Waals surface area contributed by atoms with Gasteiger partial charge in [0, 0.05) is 123 Å². The zero-order valence-corrected chi connectivity index (χ0v) is 83.3. The van der Waals surface area contributed by atoms with Crippen molar-refractivity contribution in [2.45, 2.75) is 207 Å². The summed E-state index contributed by atoms with van der Waals surface area (Å²) in [7, 11) is 0. The number of benzene rings is 3. The van der Waals surface area contributed by atoms with Gasteiger partial charge >= 0.3 is 0 Å². The van der Waals surface area contributed by atoms with E-state index in [1.165, 1.54) is 0 Å². The molecule has 0 spiro atoms. The number of aromatic amines is 3. The highest BCUT2D eigenvalue weighted by Crippen LogP contribution is 2.24. The highest BCUT2D eigenvalue weighted by atomic mass is 16.2. The topological polar surface area (TPSA) is 1050 Å². The van der Waals surface area contributed by atoms with Gasteiger partial charge in [-0.25, -0.2) is 0 Å². The minimum atomic E-state index is -1.68. The summed E-state index contributed by atoms with van der Waals surface area (Å²) in [4.78, 5) is 213. The average Bonchev–Trinajstić information content (AvgIpc) is 1.64. The number of H-pyrrole nitrogens is 3. The molecule has 0 fully saturated rings. The Kier molecular flexibility index (Phi) is 51.8. The fraction of sp³-hybridized carbons (Fsp3) is 0.484. The maximum atomic E-state index is 15.2. The fourth-order valence-corrected chi connectivity index (χ4v) is 15.8. The highest BCUT2D eigenvalue weighted by Gasteiger charge is 2.38. The molecule has 0 radical (unpaired) electrons. The summed E-state index contributed by atoms with van der Waals surface area (Å²) in [6, 6.07) is 3.85. The third-order valence-electron chi connectivity index (χ3n) is 23.4. The van der Waals surface area contributed by atoms with E-state index in [0.717, 1.165) is 27.4 Å². The second-order valence-corrected chi connectivity index (χ2v) is 35.3. The molecule has 3 aromatic heterocycles. The molecule has 0 unspecified atom stereocenters. The summed E-state index contributed by atoms with van der Waals surface area (Å²) in [6.07, 6.45) is 2.89. The highest BCUT2D eigenvalue weighted by molar-refractivity contribution is 6.01. The van der Waals surface area contributed by atoms with Crippen molar-refractivity contribution in [2.75, 3.05) is 72.0 Å². The number of nitrogens with two attached hydrogens (primary N) is 11. The van der Waals surface area contributed by atoms with Gasteiger partial charge in [0.1, 0.15) is 66.5 Å². The lowest BCUT2D eigenvalue weighted by Crippen LogP contribution is -2.60. The summed E-state index contributed by atoms with van der Waals surface area (Å²) in [5.74, 6) is -17.4. The predicted molar refractivity (Wildman–Crippen MR) is 563 cm³/mol. The first kappa shape index (κ1) is 121. The molecule has 0 saturated heterocycles. The van der Waals surface area contributed by atoms with Crippen LogP contribution in [0, 0.1) is 48.7 Å². The van der Waals surface area contributed by atoms with E-state index in [1.54, 1.807) is 36.8 Å². The lowest BCUT2D eigenvalue weighted by molar-refractivity contribution is -0.136. The van der Waals surface area contributed by atoms with Crippen LogP contribution in [0.25, 0.3) is 32.7 Å². The zero-order chi connectivity index (χ0) is 110. The molecule has 3 aromatic carbocycles. The maximum absolute atomic E-state index is 15.2. The zero-order valence-electron chi connectivity index (χ0n) is 83.3. The third-order valence-corrected chi connectivity index (χ3v) is 23.4. The lowest BCUT2D eigenvalue weighted by atomic mass is 10.0. The van der Waals surface area contributed by atoms with Crippen molar-refractivity contribution in [3.8, 4) is 0 Å². The Morgan fingerprint density at radius 3 is 0.680 bits per heavy atom. The Morgan fingerprint density at radius 2 is 0.427 bits per heavy atom. The quantitative estimate of drug-likeness (QED) is 0.00958. The molecule has 56 N–H and O–H groups in total. The fourth-order valence-electron chi connectivity index (χ4n) is 15.8. The van der Waals surface area contributed by atoms with Crippen LogP contribution < -0.4 is 180 Å². The van der Waals surface area contributed by atoms with E-state index in [9.17, 15) is 47.9 Å². The number of fused-ring (bicyclic) bond motifs is 3. The largest absolute Gasteiger partial charge is 0.370 e. The van der Waals surface area contributed by atoms with Gasteiger partial charge in [0.05, 0.1) is 19.1 Å². The number of para-hydroxylation sites is 3. The first-order valence-corrected chi connectivity index (χ1v) is 48.7. The van der Waals surface area contributed by atoms with E-state index < -0.39 is 216 Å². The molecular formula is C91H147N45O14. The van der Waals surface area contributed by atoms with Crippen LogP contribution in [0.5, 0.6) is 0 Å². The van der Waals surface area contributed by atoms with E-state index >= 15 is 19.2 Å². The van der Waals surface area contributed by atoms with Gasteiger partial charge in [-0.15, -0.1) is 0 Å². The van der Waals surface area contributed by atoms with Gasteiger partial charge in [-0.3, -0.25) is 116 Å². The summed E-state index contributed by atoms with van der Waals surface area (Å²) >= 11 is 0. The molecule has 14 amide bonds. The van der Waals surface area contributed by atoms with Crippen molar-refractivity contribution in [3.05, 3.63) is 108 Å². The van der Waals surface area contributed by atoms with Gasteiger partial charge in [0.25, 0.3) is 0 Å².